The van der Waals surface area contributed by atoms with Crippen molar-refractivity contribution in [3.63, 3.8) is 0 Å². The number of rotatable bonds is 2. The fraction of sp³-hybridized carbons (Fsp3) is 0.462. The minimum Gasteiger partial charge on any atom is -0.399 e. The van der Waals surface area contributed by atoms with E-state index in [1.165, 1.54) is 0 Å². The molecule has 6 heteroatoms. The van der Waals surface area contributed by atoms with Crippen LogP contribution in [0.1, 0.15) is 27.7 Å². The van der Waals surface area contributed by atoms with Gasteiger partial charge in [0, 0.05) is 5.69 Å². The van der Waals surface area contributed by atoms with Gasteiger partial charge in [-0.15, -0.1) is 0 Å². The van der Waals surface area contributed by atoms with E-state index < -0.39 is 0 Å². The maximum Gasteiger partial charge on any atom is 0.494 e. The van der Waals surface area contributed by atoms with E-state index in [9.17, 15) is 0 Å². The highest BCUT2D eigenvalue weighted by atomic mass is 32.1. The van der Waals surface area contributed by atoms with E-state index in [1.807, 2.05) is 52.0 Å². The molecule has 4 nitrogen and oxygen atoms in total. The molecule has 0 bridgehead atoms. The average molecular weight is 278 g/mol. The van der Waals surface area contributed by atoms with Crippen LogP contribution >= 0.6 is 12.2 Å². The minimum atomic E-state index is -0.377. The molecule has 0 radical (unpaired) electrons. The van der Waals surface area contributed by atoms with Crippen LogP contribution in [-0.2, 0) is 9.31 Å². The third-order valence-corrected chi connectivity index (χ3v) is 3.78. The van der Waals surface area contributed by atoms with Crippen LogP contribution in [-0.4, -0.2) is 23.4 Å². The van der Waals surface area contributed by atoms with Crippen LogP contribution in [0.4, 0.5) is 5.69 Å². The van der Waals surface area contributed by atoms with Crippen LogP contribution in [0.2, 0.25) is 0 Å². The summed E-state index contributed by atoms with van der Waals surface area (Å²) in [7, 11) is -0.377. The summed E-state index contributed by atoms with van der Waals surface area (Å²) in [5, 5.41) is 3.15. The first-order chi connectivity index (χ1) is 8.71. The lowest BCUT2D eigenvalue weighted by atomic mass is 9.79. The van der Waals surface area contributed by atoms with Gasteiger partial charge in [-0.25, -0.2) is 0 Å². The highest BCUT2D eigenvalue weighted by Gasteiger charge is 2.51. The molecule has 1 aromatic rings. The number of thiocarbonyl (C=S) groups is 1. The highest BCUT2D eigenvalue weighted by molar-refractivity contribution is 7.80. The Morgan fingerprint density at radius 2 is 1.79 bits per heavy atom. The Morgan fingerprint density at radius 1 is 1.21 bits per heavy atom. The lowest BCUT2D eigenvalue weighted by Gasteiger charge is -2.32. The summed E-state index contributed by atoms with van der Waals surface area (Å²) in [6.07, 6.45) is 0. The monoisotopic (exact) mass is 278 g/mol. The summed E-state index contributed by atoms with van der Waals surface area (Å²) in [4.78, 5) is 0. The molecule has 0 aliphatic carbocycles. The Balaban J connectivity index is 2.22. The number of hydrogen-bond acceptors (Lipinski definition) is 3. The van der Waals surface area contributed by atoms with Crippen molar-refractivity contribution < 1.29 is 9.31 Å². The second-order valence-electron chi connectivity index (χ2n) is 5.70. The second-order valence-corrected chi connectivity index (χ2v) is 6.14. The topological polar surface area (TPSA) is 56.5 Å². The third kappa shape index (κ3) is 2.91. The van der Waals surface area contributed by atoms with E-state index in [1.54, 1.807) is 0 Å². The molecule has 0 unspecified atom stereocenters. The van der Waals surface area contributed by atoms with Crippen LogP contribution in [0.15, 0.2) is 24.3 Å². The summed E-state index contributed by atoms with van der Waals surface area (Å²) >= 11 is 4.83. The largest absolute Gasteiger partial charge is 0.494 e. The van der Waals surface area contributed by atoms with Gasteiger partial charge in [-0.3, -0.25) is 0 Å². The average Bonchev–Trinajstić information content (AvgIpc) is 2.47. The van der Waals surface area contributed by atoms with Crippen LogP contribution in [0.25, 0.3) is 0 Å². The maximum absolute atomic E-state index is 6.00. The Morgan fingerprint density at radius 3 is 2.32 bits per heavy atom. The molecule has 0 aromatic heterocycles. The predicted octanol–water partition coefficient (Wildman–Crippen LogP) is 1.64. The number of nitrogens with two attached hydrogens (primary N) is 1. The lowest BCUT2D eigenvalue weighted by molar-refractivity contribution is 0.00578. The molecule has 1 aromatic carbocycles. The van der Waals surface area contributed by atoms with Gasteiger partial charge in [0.25, 0.3) is 0 Å². The van der Waals surface area contributed by atoms with Crippen molar-refractivity contribution in [1.29, 1.82) is 0 Å². The van der Waals surface area contributed by atoms with E-state index >= 15 is 0 Å². The molecule has 1 fully saturated rings. The van der Waals surface area contributed by atoms with E-state index in [0.717, 1.165) is 11.2 Å². The van der Waals surface area contributed by atoms with Gasteiger partial charge in [0.05, 0.1) is 11.2 Å². The van der Waals surface area contributed by atoms with Crippen molar-refractivity contribution >= 4 is 35.6 Å². The molecule has 1 aliphatic heterocycles. The number of benzene rings is 1. The van der Waals surface area contributed by atoms with Crippen LogP contribution in [0, 0.1) is 0 Å². The molecular weight excluding hydrogens is 259 g/mol. The van der Waals surface area contributed by atoms with Gasteiger partial charge in [-0.1, -0.05) is 12.1 Å². The molecule has 19 heavy (non-hydrogen) atoms. The molecule has 1 aliphatic rings. The maximum atomic E-state index is 6.00. The van der Waals surface area contributed by atoms with E-state index in [2.05, 4.69) is 5.32 Å². The Bertz CT molecular complexity index is 489. The van der Waals surface area contributed by atoms with Gasteiger partial charge in [0.15, 0.2) is 5.11 Å². The van der Waals surface area contributed by atoms with Crippen molar-refractivity contribution in [2.24, 2.45) is 5.73 Å². The number of hydrogen-bond donors (Lipinski definition) is 2. The molecule has 0 saturated carbocycles. The van der Waals surface area contributed by atoms with Crippen molar-refractivity contribution in [2.45, 2.75) is 38.9 Å². The summed E-state index contributed by atoms with van der Waals surface area (Å²) in [5.41, 5.74) is 6.56. The fourth-order valence-electron chi connectivity index (χ4n) is 1.88. The smallest absolute Gasteiger partial charge is 0.399 e. The molecule has 1 saturated heterocycles. The first-order valence-electron chi connectivity index (χ1n) is 6.23. The van der Waals surface area contributed by atoms with Crippen molar-refractivity contribution in [3.8, 4) is 0 Å². The van der Waals surface area contributed by atoms with Gasteiger partial charge in [-0.05, 0) is 57.5 Å². The fourth-order valence-corrected chi connectivity index (χ4v) is 2.00. The van der Waals surface area contributed by atoms with Crippen LogP contribution < -0.4 is 16.5 Å². The molecule has 0 atom stereocenters. The number of nitrogens with one attached hydrogen (secondary N) is 1. The second kappa shape index (κ2) is 4.78. The molecular formula is C13H19BN2O2S. The molecule has 0 spiro atoms. The van der Waals surface area contributed by atoms with Gasteiger partial charge >= 0.3 is 7.12 Å². The first kappa shape index (κ1) is 14.3. The molecule has 102 valence electrons. The predicted molar refractivity (Wildman–Crippen MR) is 82.6 cm³/mol. The van der Waals surface area contributed by atoms with Crippen LogP contribution in [0.5, 0.6) is 0 Å². The highest BCUT2D eigenvalue weighted by Crippen LogP contribution is 2.36. The van der Waals surface area contributed by atoms with Gasteiger partial charge in [0.2, 0.25) is 0 Å². The first-order valence-corrected chi connectivity index (χ1v) is 6.64. The zero-order valence-electron chi connectivity index (χ0n) is 11.7. The van der Waals surface area contributed by atoms with E-state index in [4.69, 9.17) is 27.3 Å². The Hall–Kier alpha value is -1.11. The Kier molecular flexibility index (Phi) is 3.60. The normalized spacial score (nSPS) is 20.3. The molecule has 0 amide bonds. The molecule has 1 heterocycles. The SMILES string of the molecule is CC1(C)OB(c2cccc(NC(N)=S)c2)OC1(C)C. The molecule has 2 rings (SSSR count). The van der Waals surface area contributed by atoms with E-state index in [-0.39, 0.29) is 23.4 Å². The quantitative estimate of drug-likeness (QED) is 0.636. The van der Waals surface area contributed by atoms with Crippen molar-refractivity contribution in [1.82, 2.24) is 0 Å². The zero-order chi connectivity index (χ0) is 14.3. The zero-order valence-corrected chi connectivity index (χ0v) is 12.5. The van der Waals surface area contributed by atoms with Gasteiger partial charge in [-0.2, -0.15) is 0 Å². The standard InChI is InChI=1S/C13H19BN2O2S/c1-12(2)13(3,4)18-14(17-12)9-6-5-7-10(8-9)16-11(15)19/h5-8H,1-4H3,(H3,15,16,19). The van der Waals surface area contributed by atoms with Crippen molar-refractivity contribution in [3.05, 3.63) is 24.3 Å². The lowest BCUT2D eigenvalue weighted by Crippen LogP contribution is -2.41. The summed E-state index contributed by atoms with van der Waals surface area (Å²) in [5.74, 6) is 0. The van der Waals surface area contributed by atoms with Gasteiger partial charge < -0.3 is 20.4 Å². The van der Waals surface area contributed by atoms with Gasteiger partial charge in [0.1, 0.15) is 0 Å². The van der Waals surface area contributed by atoms with Crippen LogP contribution in [0.3, 0.4) is 0 Å². The van der Waals surface area contributed by atoms with E-state index in [0.29, 0.717) is 0 Å². The summed E-state index contributed by atoms with van der Waals surface area (Å²) in [6.45, 7) is 8.13. The number of anilines is 1. The molecule has 3 N–H and O–H groups in total. The third-order valence-electron chi connectivity index (χ3n) is 3.68. The Labute approximate surface area is 119 Å². The van der Waals surface area contributed by atoms with Crippen molar-refractivity contribution in [2.75, 3.05) is 5.32 Å². The minimum absolute atomic E-state index is 0.242. The summed E-state index contributed by atoms with van der Waals surface area (Å²) in [6, 6.07) is 7.71. The summed E-state index contributed by atoms with van der Waals surface area (Å²) < 4.78 is 12.0.